The molecule has 0 aliphatic heterocycles. The second-order valence-corrected chi connectivity index (χ2v) is 4.90. The monoisotopic (exact) mass is 362 g/mol. The molecule has 1 rings (SSSR count). The predicted octanol–water partition coefficient (Wildman–Crippen LogP) is 1.27. The van der Waals surface area contributed by atoms with Gasteiger partial charge in [-0.2, -0.15) is 0 Å². The van der Waals surface area contributed by atoms with E-state index in [4.69, 9.17) is 4.74 Å². The first-order valence-electron chi connectivity index (χ1n) is 8.07. The number of nitrogens with zero attached hydrogens (tertiary/aromatic N) is 1. The van der Waals surface area contributed by atoms with Crippen molar-refractivity contribution in [1.29, 1.82) is 0 Å². The summed E-state index contributed by atoms with van der Waals surface area (Å²) < 4.78 is 9.58. The molecule has 0 saturated carbocycles. The van der Waals surface area contributed by atoms with Crippen molar-refractivity contribution in [3.05, 3.63) is 41.5 Å². The lowest BCUT2D eigenvalue weighted by atomic mass is 10.1. The van der Waals surface area contributed by atoms with Crippen molar-refractivity contribution in [3.63, 3.8) is 0 Å². The van der Waals surface area contributed by atoms with E-state index in [1.807, 2.05) is 0 Å². The first kappa shape index (κ1) is 20.9. The zero-order valence-corrected chi connectivity index (χ0v) is 14.7. The van der Waals surface area contributed by atoms with E-state index in [1.54, 1.807) is 44.2 Å². The van der Waals surface area contributed by atoms with Crippen molar-refractivity contribution >= 4 is 29.8 Å². The molecule has 0 unspecified atom stereocenters. The third kappa shape index (κ3) is 7.16. The molecule has 0 fully saturated rings. The summed E-state index contributed by atoms with van der Waals surface area (Å²) in [6, 6.07) is 8.41. The molecular formula is C18H22N2O6. The lowest BCUT2D eigenvalue weighted by Crippen LogP contribution is -2.32. The summed E-state index contributed by atoms with van der Waals surface area (Å²) in [5.74, 6) is -2.15. The van der Waals surface area contributed by atoms with Gasteiger partial charge in [-0.3, -0.25) is 14.6 Å². The van der Waals surface area contributed by atoms with Crippen LogP contribution in [0.25, 0.3) is 5.76 Å². The molecule has 26 heavy (non-hydrogen) atoms. The van der Waals surface area contributed by atoms with Crippen LogP contribution in [0.2, 0.25) is 0 Å². The fraction of sp³-hybridized carbons (Fsp3) is 0.333. The smallest absolute Gasteiger partial charge is 0.343 e. The molecule has 8 heteroatoms. The Morgan fingerprint density at radius 1 is 1.12 bits per heavy atom. The molecule has 0 bridgehead atoms. The van der Waals surface area contributed by atoms with Gasteiger partial charge in [-0.1, -0.05) is 30.3 Å². The Bertz CT molecular complexity index is 682. The molecule has 1 amide bonds. The van der Waals surface area contributed by atoms with E-state index < -0.39 is 17.8 Å². The molecule has 8 nitrogen and oxygen atoms in total. The Morgan fingerprint density at radius 3 is 2.38 bits per heavy atom. The summed E-state index contributed by atoms with van der Waals surface area (Å²) in [6.07, 6.45) is 1.07. The summed E-state index contributed by atoms with van der Waals surface area (Å²) in [4.78, 5) is 38.7. The molecule has 1 aromatic rings. The molecule has 140 valence electrons. The van der Waals surface area contributed by atoms with Crippen LogP contribution in [0.3, 0.4) is 0 Å². The van der Waals surface area contributed by atoms with Gasteiger partial charge >= 0.3 is 11.9 Å². The van der Waals surface area contributed by atoms with Crippen LogP contribution in [0.5, 0.6) is 0 Å². The lowest BCUT2D eigenvalue weighted by molar-refractivity contribution is -0.143. The number of amides is 1. The van der Waals surface area contributed by atoms with E-state index in [-0.39, 0.29) is 37.6 Å². The number of hydrogen-bond donors (Lipinski definition) is 2. The van der Waals surface area contributed by atoms with E-state index >= 15 is 0 Å². The number of aliphatic hydroxyl groups excluding tert-OH is 1. The maximum atomic E-state index is 12.0. The minimum absolute atomic E-state index is 0.123. The SMILES string of the molecule is CCOC(=O)CNC(=O)CN=C/C(C(=O)OCC)=C(/O)c1ccccc1. The van der Waals surface area contributed by atoms with Gasteiger partial charge in [0, 0.05) is 11.8 Å². The van der Waals surface area contributed by atoms with Crippen LogP contribution in [0.1, 0.15) is 19.4 Å². The normalized spacial score (nSPS) is 11.6. The van der Waals surface area contributed by atoms with Crippen LogP contribution < -0.4 is 5.32 Å². The molecule has 0 aliphatic rings. The highest BCUT2D eigenvalue weighted by molar-refractivity contribution is 6.15. The summed E-state index contributed by atoms with van der Waals surface area (Å²) >= 11 is 0. The first-order valence-corrected chi connectivity index (χ1v) is 8.07. The maximum Gasteiger partial charge on any atom is 0.343 e. The van der Waals surface area contributed by atoms with Gasteiger partial charge in [-0.25, -0.2) is 4.79 Å². The van der Waals surface area contributed by atoms with Gasteiger partial charge in [0.1, 0.15) is 24.4 Å². The van der Waals surface area contributed by atoms with Crippen LogP contribution in [0, 0.1) is 0 Å². The third-order valence-corrected chi connectivity index (χ3v) is 2.99. The number of carbonyl (C=O) groups excluding carboxylic acids is 3. The maximum absolute atomic E-state index is 12.0. The van der Waals surface area contributed by atoms with Gasteiger partial charge in [0.05, 0.1) is 13.2 Å². The number of hydrogen-bond acceptors (Lipinski definition) is 7. The Morgan fingerprint density at radius 2 is 1.77 bits per heavy atom. The largest absolute Gasteiger partial charge is 0.506 e. The molecule has 0 aromatic heterocycles. The molecule has 0 atom stereocenters. The fourth-order valence-corrected chi connectivity index (χ4v) is 1.83. The molecule has 0 heterocycles. The molecule has 2 N–H and O–H groups in total. The quantitative estimate of drug-likeness (QED) is 0.296. The Kier molecular flexibility index (Phi) is 9.16. The third-order valence-electron chi connectivity index (χ3n) is 2.99. The lowest BCUT2D eigenvalue weighted by Gasteiger charge is -2.07. The predicted molar refractivity (Wildman–Crippen MR) is 95.6 cm³/mol. The summed E-state index contributed by atoms with van der Waals surface area (Å²) in [5, 5.41) is 12.6. The summed E-state index contributed by atoms with van der Waals surface area (Å²) in [6.45, 7) is 3.04. The number of rotatable bonds is 9. The molecule has 0 spiro atoms. The van der Waals surface area contributed by atoms with Crippen molar-refractivity contribution in [2.75, 3.05) is 26.3 Å². The van der Waals surface area contributed by atoms with Crippen molar-refractivity contribution in [1.82, 2.24) is 5.32 Å². The number of esters is 2. The average molecular weight is 362 g/mol. The number of nitrogens with one attached hydrogen (secondary N) is 1. The summed E-state index contributed by atoms with van der Waals surface area (Å²) in [7, 11) is 0. The molecule has 0 saturated heterocycles. The average Bonchev–Trinajstić information content (AvgIpc) is 2.64. The molecular weight excluding hydrogens is 340 g/mol. The highest BCUT2D eigenvalue weighted by atomic mass is 16.5. The van der Waals surface area contributed by atoms with Gasteiger partial charge in [0.15, 0.2) is 0 Å². The van der Waals surface area contributed by atoms with E-state index in [1.165, 1.54) is 0 Å². The van der Waals surface area contributed by atoms with Gasteiger partial charge in [0.2, 0.25) is 5.91 Å². The van der Waals surface area contributed by atoms with Crippen LogP contribution in [-0.4, -0.2) is 55.5 Å². The van der Waals surface area contributed by atoms with E-state index in [9.17, 15) is 19.5 Å². The summed E-state index contributed by atoms with van der Waals surface area (Å²) in [5.41, 5.74) is 0.241. The first-order chi connectivity index (χ1) is 12.5. The van der Waals surface area contributed by atoms with Crippen molar-refractivity contribution in [2.45, 2.75) is 13.8 Å². The molecule has 0 radical (unpaired) electrons. The standard InChI is InChI=1S/C18H22N2O6/c1-3-25-16(22)12-20-15(21)11-19-10-14(18(24)26-4-2)17(23)13-8-6-5-7-9-13/h5-10,23H,3-4,11-12H2,1-2H3,(H,20,21)/b17-14-,19-10?. The fourth-order valence-electron chi connectivity index (χ4n) is 1.83. The van der Waals surface area contributed by atoms with Gasteiger partial charge in [-0.05, 0) is 13.8 Å². The van der Waals surface area contributed by atoms with Gasteiger partial charge in [0.25, 0.3) is 0 Å². The topological polar surface area (TPSA) is 114 Å². The second kappa shape index (κ2) is 11.4. The molecule has 1 aromatic carbocycles. The number of carbonyl (C=O) groups is 3. The Hall–Kier alpha value is -3.16. The van der Waals surface area contributed by atoms with Crippen LogP contribution in [0.4, 0.5) is 0 Å². The van der Waals surface area contributed by atoms with Crippen molar-refractivity contribution in [3.8, 4) is 0 Å². The zero-order valence-electron chi connectivity index (χ0n) is 14.7. The zero-order chi connectivity index (χ0) is 19.4. The van der Waals surface area contributed by atoms with E-state index in [0.29, 0.717) is 5.56 Å². The Labute approximate surface area is 151 Å². The number of aliphatic imine (C=N–C) groups is 1. The second-order valence-electron chi connectivity index (χ2n) is 4.90. The number of ether oxygens (including phenoxy) is 2. The van der Waals surface area contributed by atoms with Crippen LogP contribution in [0.15, 0.2) is 40.9 Å². The highest BCUT2D eigenvalue weighted by Gasteiger charge is 2.16. The minimum Gasteiger partial charge on any atom is -0.506 e. The van der Waals surface area contributed by atoms with E-state index in [2.05, 4.69) is 15.0 Å². The van der Waals surface area contributed by atoms with Gasteiger partial charge < -0.3 is 19.9 Å². The number of benzene rings is 1. The molecule has 0 aliphatic carbocycles. The van der Waals surface area contributed by atoms with Crippen LogP contribution >= 0.6 is 0 Å². The minimum atomic E-state index is -0.760. The van der Waals surface area contributed by atoms with Gasteiger partial charge in [-0.15, -0.1) is 0 Å². The highest BCUT2D eigenvalue weighted by Crippen LogP contribution is 2.15. The van der Waals surface area contributed by atoms with Crippen molar-refractivity contribution < 1.29 is 29.0 Å². The van der Waals surface area contributed by atoms with E-state index in [0.717, 1.165) is 6.21 Å². The Balaban J connectivity index is 2.80. The van der Waals surface area contributed by atoms with Crippen LogP contribution in [-0.2, 0) is 23.9 Å². The number of aliphatic hydroxyl groups is 1. The van der Waals surface area contributed by atoms with Crippen molar-refractivity contribution in [2.24, 2.45) is 4.99 Å².